The summed E-state index contributed by atoms with van der Waals surface area (Å²) < 4.78 is 14.8. The molecule has 1 aliphatic carbocycles. The van der Waals surface area contributed by atoms with Gasteiger partial charge in [0.2, 0.25) is 0 Å². The lowest BCUT2D eigenvalue weighted by atomic mass is 10.1. The first-order chi connectivity index (χ1) is 11.6. The highest BCUT2D eigenvalue weighted by molar-refractivity contribution is 5.95. The third kappa shape index (κ3) is 2.67. The Balaban J connectivity index is 1.79. The Kier molecular flexibility index (Phi) is 3.57. The maximum Gasteiger partial charge on any atom is 0.135 e. The van der Waals surface area contributed by atoms with Gasteiger partial charge in [0.1, 0.15) is 11.6 Å². The van der Waals surface area contributed by atoms with Crippen LogP contribution in [0.25, 0.3) is 22.2 Å². The molecule has 7 heteroatoms. The summed E-state index contributed by atoms with van der Waals surface area (Å²) in [5.41, 5.74) is 8.39. The minimum absolute atomic E-state index is 0.108. The standard InChI is InChI=1S/C17H18FN5O/c18-12-5-9(13-3-4-20-23-13)6-14-17(12)15(8-16(19)22-14)21-10-1-2-11(24)7-10/h3-6,8,10-11,24H,1-2,7H2,(H,20,23)(H3,19,21,22)/t10-,11-/m0/s1. The van der Waals surface area contributed by atoms with E-state index in [0.29, 0.717) is 40.1 Å². The molecule has 0 unspecified atom stereocenters. The first-order valence-corrected chi connectivity index (χ1v) is 7.94. The maximum absolute atomic E-state index is 14.8. The van der Waals surface area contributed by atoms with Crippen LogP contribution in [0, 0.1) is 5.82 Å². The van der Waals surface area contributed by atoms with Crippen LogP contribution >= 0.6 is 0 Å². The average Bonchev–Trinajstić information content (AvgIpc) is 3.18. The van der Waals surface area contributed by atoms with Gasteiger partial charge in [0.25, 0.3) is 0 Å². The lowest BCUT2D eigenvalue weighted by Gasteiger charge is -2.17. The minimum atomic E-state index is -0.370. The van der Waals surface area contributed by atoms with Crippen molar-refractivity contribution in [1.82, 2.24) is 15.2 Å². The van der Waals surface area contributed by atoms with Crippen LogP contribution in [-0.4, -0.2) is 32.4 Å². The zero-order valence-corrected chi connectivity index (χ0v) is 13.0. The van der Waals surface area contributed by atoms with E-state index in [2.05, 4.69) is 20.5 Å². The van der Waals surface area contributed by atoms with Crippen molar-refractivity contribution in [2.75, 3.05) is 11.1 Å². The Hall–Kier alpha value is -2.67. The zero-order chi connectivity index (χ0) is 16.7. The zero-order valence-electron chi connectivity index (χ0n) is 13.0. The second kappa shape index (κ2) is 5.76. The number of H-pyrrole nitrogens is 1. The molecule has 0 aliphatic heterocycles. The Morgan fingerprint density at radius 3 is 2.88 bits per heavy atom. The van der Waals surface area contributed by atoms with Gasteiger partial charge in [-0.25, -0.2) is 9.37 Å². The van der Waals surface area contributed by atoms with Gasteiger partial charge in [-0.2, -0.15) is 5.10 Å². The number of aromatic nitrogens is 3. The molecule has 6 nitrogen and oxygen atoms in total. The number of hydrogen-bond donors (Lipinski definition) is 4. The molecule has 4 rings (SSSR count). The van der Waals surface area contributed by atoms with Crippen LogP contribution in [0.2, 0.25) is 0 Å². The van der Waals surface area contributed by atoms with E-state index in [1.54, 1.807) is 24.4 Å². The molecule has 1 fully saturated rings. The number of anilines is 2. The Morgan fingerprint density at radius 2 is 2.17 bits per heavy atom. The molecule has 24 heavy (non-hydrogen) atoms. The summed E-state index contributed by atoms with van der Waals surface area (Å²) >= 11 is 0. The molecule has 2 aromatic heterocycles. The fourth-order valence-corrected chi connectivity index (χ4v) is 3.33. The maximum atomic E-state index is 14.8. The number of aliphatic hydroxyl groups excluding tert-OH is 1. The van der Waals surface area contributed by atoms with Crippen molar-refractivity contribution >= 4 is 22.4 Å². The number of benzene rings is 1. The summed E-state index contributed by atoms with van der Waals surface area (Å²) in [5, 5.41) is 20.1. The largest absolute Gasteiger partial charge is 0.393 e. The third-order valence-corrected chi connectivity index (χ3v) is 4.46. The van der Waals surface area contributed by atoms with E-state index < -0.39 is 0 Å². The summed E-state index contributed by atoms with van der Waals surface area (Å²) in [6.07, 6.45) is 3.56. The van der Waals surface area contributed by atoms with Crippen LogP contribution in [0.5, 0.6) is 0 Å². The highest BCUT2D eigenvalue weighted by Crippen LogP contribution is 2.33. The highest BCUT2D eigenvalue weighted by Gasteiger charge is 2.24. The van der Waals surface area contributed by atoms with Gasteiger partial charge in [-0.3, -0.25) is 5.10 Å². The SMILES string of the molecule is Nc1cc(N[C@H]2CC[C@H](O)C2)c2c(F)cc(-c3ccn[nH]3)cc2n1. The van der Waals surface area contributed by atoms with Crippen LogP contribution in [0.15, 0.2) is 30.5 Å². The second-order valence-electron chi connectivity index (χ2n) is 6.23. The van der Waals surface area contributed by atoms with E-state index in [9.17, 15) is 9.50 Å². The van der Waals surface area contributed by atoms with Crippen LogP contribution in [0.3, 0.4) is 0 Å². The van der Waals surface area contributed by atoms with Crippen molar-refractivity contribution in [1.29, 1.82) is 0 Å². The Labute approximate surface area is 137 Å². The quantitative estimate of drug-likeness (QED) is 0.593. The number of pyridine rings is 1. The van der Waals surface area contributed by atoms with E-state index in [0.717, 1.165) is 12.8 Å². The van der Waals surface area contributed by atoms with Gasteiger partial charge >= 0.3 is 0 Å². The number of hydrogen-bond acceptors (Lipinski definition) is 5. The fraction of sp³-hybridized carbons (Fsp3) is 0.294. The molecule has 1 aliphatic rings. The molecule has 1 saturated carbocycles. The van der Waals surface area contributed by atoms with E-state index >= 15 is 0 Å². The van der Waals surface area contributed by atoms with E-state index in [4.69, 9.17) is 5.73 Å². The monoisotopic (exact) mass is 327 g/mol. The van der Waals surface area contributed by atoms with Crippen molar-refractivity contribution < 1.29 is 9.50 Å². The van der Waals surface area contributed by atoms with Crippen LogP contribution in [-0.2, 0) is 0 Å². The van der Waals surface area contributed by atoms with Gasteiger partial charge in [0.15, 0.2) is 0 Å². The number of nitrogen functional groups attached to an aromatic ring is 1. The third-order valence-electron chi connectivity index (χ3n) is 4.46. The summed E-state index contributed by atoms with van der Waals surface area (Å²) in [5.74, 6) is -0.0460. The minimum Gasteiger partial charge on any atom is -0.393 e. The first kappa shape index (κ1) is 14.9. The average molecular weight is 327 g/mol. The summed E-state index contributed by atoms with van der Waals surface area (Å²) in [4.78, 5) is 4.27. The Morgan fingerprint density at radius 1 is 1.29 bits per heavy atom. The lowest BCUT2D eigenvalue weighted by molar-refractivity contribution is 0.182. The molecule has 0 saturated heterocycles. The summed E-state index contributed by atoms with van der Waals surface area (Å²) in [6.45, 7) is 0. The van der Waals surface area contributed by atoms with Crippen molar-refractivity contribution in [3.8, 4) is 11.3 Å². The molecule has 0 spiro atoms. The molecule has 2 atom stereocenters. The van der Waals surface area contributed by atoms with Crippen molar-refractivity contribution in [2.24, 2.45) is 0 Å². The number of aromatic amines is 1. The van der Waals surface area contributed by atoms with Crippen molar-refractivity contribution in [3.05, 3.63) is 36.3 Å². The summed E-state index contributed by atoms with van der Waals surface area (Å²) in [7, 11) is 0. The molecular weight excluding hydrogens is 309 g/mol. The van der Waals surface area contributed by atoms with Gasteiger partial charge in [-0.05, 0) is 37.5 Å². The van der Waals surface area contributed by atoms with E-state index in [-0.39, 0.29) is 18.0 Å². The van der Waals surface area contributed by atoms with Gasteiger partial charge < -0.3 is 16.2 Å². The number of fused-ring (bicyclic) bond motifs is 1. The van der Waals surface area contributed by atoms with Crippen molar-refractivity contribution in [3.63, 3.8) is 0 Å². The molecule has 5 N–H and O–H groups in total. The van der Waals surface area contributed by atoms with Gasteiger partial charge in [-0.1, -0.05) is 0 Å². The molecule has 2 heterocycles. The first-order valence-electron chi connectivity index (χ1n) is 7.94. The molecule has 0 bridgehead atoms. The molecule has 124 valence electrons. The predicted octanol–water partition coefficient (Wildman–Crippen LogP) is 2.67. The topological polar surface area (TPSA) is 99.9 Å². The molecule has 3 aromatic rings. The molecular formula is C17H18FN5O. The number of nitrogens with one attached hydrogen (secondary N) is 2. The highest BCUT2D eigenvalue weighted by atomic mass is 19.1. The molecule has 1 aromatic carbocycles. The number of nitrogens with zero attached hydrogens (tertiary/aromatic N) is 2. The molecule has 0 amide bonds. The van der Waals surface area contributed by atoms with E-state index in [1.165, 1.54) is 6.07 Å². The normalized spacial score (nSPS) is 20.6. The van der Waals surface area contributed by atoms with E-state index in [1.807, 2.05) is 0 Å². The fourth-order valence-electron chi connectivity index (χ4n) is 3.33. The van der Waals surface area contributed by atoms with Crippen LogP contribution in [0.4, 0.5) is 15.9 Å². The predicted molar refractivity (Wildman–Crippen MR) is 91.0 cm³/mol. The molecule has 0 radical (unpaired) electrons. The smallest absolute Gasteiger partial charge is 0.135 e. The van der Waals surface area contributed by atoms with Crippen molar-refractivity contribution in [2.45, 2.75) is 31.4 Å². The second-order valence-corrected chi connectivity index (χ2v) is 6.23. The van der Waals surface area contributed by atoms with Gasteiger partial charge in [-0.15, -0.1) is 0 Å². The van der Waals surface area contributed by atoms with Gasteiger partial charge in [0.05, 0.1) is 28.4 Å². The van der Waals surface area contributed by atoms with Crippen LogP contribution < -0.4 is 11.1 Å². The number of nitrogens with two attached hydrogens (primary N) is 1. The number of halogens is 1. The Bertz CT molecular complexity index is 880. The number of rotatable bonds is 3. The summed E-state index contributed by atoms with van der Waals surface area (Å²) in [6, 6.07) is 6.77. The lowest BCUT2D eigenvalue weighted by Crippen LogP contribution is -2.17. The van der Waals surface area contributed by atoms with Gasteiger partial charge in [0, 0.05) is 23.9 Å². The number of aliphatic hydroxyl groups is 1. The van der Waals surface area contributed by atoms with Crippen LogP contribution in [0.1, 0.15) is 19.3 Å².